The number of aliphatic imine (C=N–C) groups is 1. The molecule has 7 heteroatoms. The van der Waals surface area contributed by atoms with Gasteiger partial charge < -0.3 is 10.2 Å². The molecule has 0 atom stereocenters. The van der Waals surface area contributed by atoms with E-state index in [1.807, 2.05) is 7.05 Å². The Morgan fingerprint density at radius 2 is 1.70 bits per heavy atom. The minimum atomic E-state index is -0.170. The lowest BCUT2D eigenvalue weighted by atomic mass is 10.00. The number of nitrogens with zero attached hydrogens (tertiary/aromatic N) is 3. The first-order valence-electron chi connectivity index (χ1n) is 9.52. The lowest BCUT2D eigenvalue weighted by Gasteiger charge is -2.32. The van der Waals surface area contributed by atoms with Crippen molar-refractivity contribution in [3.05, 3.63) is 35.4 Å². The molecule has 1 aromatic rings. The Labute approximate surface area is 178 Å². The van der Waals surface area contributed by atoms with E-state index >= 15 is 0 Å². The number of amides is 2. The van der Waals surface area contributed by atoms with Crippen LogP contribution in [0.5, 0.6) is 0 Å². The van der Waals surface area contributed by atoms with Crippen molar-refractivity contribution in [2.75, 3.05) is 33.2 Å². The summed E-state index contributed by atoms with van der Waals surface area (Å²) in [5, 5.41) is 3.41. The molecule has 3 rings (SSSR count). The van der Waals surface area contributed by atoms with Gasteiger partial charge in [-0.3, -0.25) is 19.5 Å². The number of carbonyl (C=O) groups is 2. The minimum Gasteiger partial charge on any atom is -0.356 e. The number of halogens is 1. The molecule has 0 bridgehead atoms. The second kappa shape index (κ2) is 10.1. The SMILES string of the molecule is CN=C(NCCCCN1C(=O)c2ccccc2C1=O)N1CCC(C)CC1.I. The number of benzene rings is 1. The van der Waals surface area contributed by atoms with Crippen LogP contribution in [-0.2, 0) is 0 Å². The van der Waals surface area contributed by atoms with Crippen LogP contribution in [0.4, 0.5) is 0 Å². The van der Waals surface area contributed by atoms with Crippen molar-refractivity contribution in [2.45, 2.75) is 32.6 Å². The maximum Gasteiger partial charge on any atom is 0.261 e. The van der Waals surface area contributed by atoms with Crippen LogP contribution in [0.15, 0.2) is 29.3 Å². The number of rotatable bonds is 5. The molecule has 1 aromatic carbocycles. The van der Waals surface area contributed by atoms with Crippen LogP contribution in [0.2, 0.25) is 0 Å². The quantitative estimate of drug-likeness (QED) is 0.230. The topological polar surface area (TPSA) is 65.0 Å². The van der Waals surface area contributed by atoms with Crippen LogP contribution in [0.1, 0.15) is 53.3 Å². The minimum absolute atomic E-state index is 0. The van der Waals surface area contributed by atoms with Gasteiger partial charge in [-0.1, -0.05) is 19.1 Å². The monoisotopic (exact) mass is 484 g/mol. The Morgan fingerprint density at radius 3 is 2.26 bits per heavy atom. The zero-order chi connectivity index (χ0) is 18.5. The molecule has 0 radical (unpaired) electrons. The van der Waals surface area contributed by atoms with Crippen LogP contribution in [-0.4, -0.2) is 60.8 Å². The summed E-state index contributed by atoms with van der Waals surface area (Å²) in [5.74, 6) is 1.41. The Bertz CT molecular complexity index is 664. The van der Waals surface area contributed by atoms with Gasteiger partial charge in [0, 0.05) is 33.2 Å². The predicted octanol–water partition coefficient (Wildman–Crippen LogP) is 2.99. The smallest absolute Gasteiger partial charge is 0.261 e. The Hall–Kier alpha value is -1.64. The van der Waals surface area contributed by atoms with E-state index in [-0.39, 0.29) is 35.8 Å². The summed E-state index contributed by atoms with van der Waals surface area (Å²) < 4.78 is 0. The number of hydrogen-bond donors (Lipinski definition) is 1. The molecule has 148 valence electrons. The van der Waals surface area contributed by atoms with Crippen molar-refractivity contribution in [1.29, 1.82) is 0 Å². The molecule has 0 unspecified atom stereocenters. The number of guanidine groups is 1. The van der Waals surface area contributed by atoms with E-state index in [4.69, 9.17) is 0 Å². The summed E-state index contributed by atoms with van der Waals surface area (Å²) >= 11 is 0. The summed E-state index contributed by atoms with van der Waals surface area (Å²) in [6.45, 7) is 5.66. The molecule has 0 saturated carbocycles. The van der Waals surface area contributed by atoms with Crippen LogP contribution in [0.25, 0.3) is 0 Å². The van der Waals surface area contributed by atoms with Crippen molar-refractivity contribution in [2.24, 2.45) is 10.9 Å². The van der Waals surface area contributed by atoms with E-state index in [9.17, 15) is 9.59 Å². The number of carbonyl (C=O) groups excluding carboxylic acids is 2. The number of fused-ring (bicyclic) bond motifs is 1. The zero-order valence-electron chi connectivity index (χ0n) is 16.1. The maximum atomic E-state index is 12.3. The fraction of sp³-hybridized carbons (Fsp3) is 0.550. The third kappa shape index (κ3) is 5.00. The average molecular weight is 484 g/mol. The van der Waals surface area contributed by atoms with Crippen molar-refractivity contribution in [3.8, 4) is 0 Å². The molecule has 0 aliphatic carbocycles. The summed E-state index contributed by atoms with van der Waals surface area (Å²) in [6, 6.07) is 7.04. The maximum absolute atomic E-state index is 12.3. The summed E-state index contributed by atoms with van der Waals surface area (Å²) in [7, 11) is 1.82. The largest absolute Gasteiger partial charge is 0.356 e. The standard InChI is InChI=1S/C20H28N4O2.HI/c1-15-9-13-23(14-10-15)20(21-2)22-11-5-6-12-24-18(25)16-7-3-4-8-17(16)19(24)26;/h3-4,7-8,15H,5-6,9-14H2,1-2H3,(H,21,22);1H. The van der Waals surface area contributed by atoms with Crippen molar-refractivity contribution in [1.82, 2.24) is 15.1 Å². The molecule has 1 N–H and O–H groups in total. The zero-order valence-corrected chi connectivity index (χ0v) is 18.4. The van der Waals surface area contributed by atoms with Crippen molar-refractivity contribution < 1.29 is 9.59 Å². The van der Waals surface area contributed by atoms with Gasteiger partial charge in [0.1, 0.15) is 0 Å². The molecule has 2 aliphatic rings. The van der Waals surface area contributed by atoms with Gasteiger partial charge in [0.25, 0.3) is 11.8 Å². The van der Waals surface area contributed by atoms with E-state index in [0.29, 0.717) is 17.7 Å². The first-order valence-corrected chi connectivity index (χ1v) is 9.52. The van der Waals surface area contributed by atoms with Gasteiger partial charge in [-0.15, -0.1) is 24.0 Å². The highest BCUT2D eigenvalue weighted by molar-refractivity contribution is 14.0. The highest BCUT2D eigenvalue weighted by Gasteiger charge is 2.34. The van der Waals surface area contributed by atoms with Crippen molar-refractivity contribution in [3.63, 3.8) is 0 Å². The van der Waals surface area contributed by atoms with Crippen LogP contribution in [0, 0.1) is 5.92 Å². The lowest BCUT2D eigenvalue weighted by molar-refractivity contribution is 0.0652. The molecule has 1 fully saturated rings. The molecule has 1 saturated heterocycles. The molecule has 6 nitrogen and oxygen atoms in total. The average Bonchev–Trinajstić information content (AvgIpc) is 2.90. The van der Waals surface area contributed by atoms with E-state index in [2.05, 4.69) is 22.1 Å². The van der Waals surface area contributed by atoms with Gasteiger partial charge in [0.15, 0.2) is 5.96 Å². The van der Waals surface area contributed by atoms with E-state index in [1.54, 1.807) is 24.3 Å². The number of imide groups is 1. The third-order valence-electron chi connectivity index (χ3n) is 5.26. The number of nitrogens with one attached hydrogen (secondary N) is 1. The van der Waals surface area contributed by atoms with E-state index in [0.717, 1.165) is 44.4 Å². The molecular formula is C20H29IN4O2. The van der Waals surface area contributed by atoms with E-state index in [1.165, 1.54) is 17.7 Å². The molecule has 27 heavy (non-hydrogen) atoms. The molecule has 2 heterocycles. The van der Waals surface area contributed by atoms with Gasteiger partial charge in [-0.05, 0) is 43.7 Å². The summed E-state index contributed by atoms with van der Waals surface area (Å²) in [6.07, 6.45) is 4.09. The fourth-order valence-corrected chi connectivity index (χ4v) is 3.59. The predicted molar refractivity (Wildman–Crippen MR) is 118 cm³/mol. The van der Waals surface area contributed by atoms with Crippen LogP contribution >= 0.6 is 24.0 Å². The Kier molecular flexibility index (Phi) is 8.07. The Balaban J connectivity index is 0.00000261. The van der Waals surface area contributed by atoms with Crippen LogP contribution < -0.4 is 5.32 Å². The first-order chi connectivity index (χ1) is 12.6. The molecular weight excluding hydrogens is 455 g/mol. The summed E-state index contributed by atoms with van der Waals surface area (Å²) in [4.78, 5) is 32.7. The van der Waals surface area contributed by atoms with Gasteiger partial charge in [-0.2, -0.15) is 0 Å². The second-order valence-corrected chi connectivity index (χ2v) is 7.16. The normalized spacial score (nSPS) is 17.8. The molecule has 0 aromatic heterocycles. The van der Waals surface area contributed by atoms with Gasteiger partial charge in [0.05, 0.1) is 11.1 Å². The number of hydrogen-bond acceptors (Lipinski definition) is 3. The number of piperidine rings is 1. The molecule has 0 spiro atoms. The fourth-order valence-electron chi connectivity index (χ4n) is 3.59. The highest BCUT2D eigenvalue weighted by Crippen LogP contribution is 2.22. The summed E-state index contributed by atoms with van der Waals surface area (Å²) in [5.41, 5.74) is 1.05. The van der Waals surface area contributed by atoms with Gasteiger partial charge in [0.2, 0.25) is 0 Å². The van der Waals surface area contributed by atoms with Gasteiger partial charge in [-0.25, -0.2) is 0 Å². The first kappa shape index (κ1) is 21.7. The number of unbranched alkanes of at least 4 members (excludes halogenated alkanes) is 1. The second-order valence-electron chi connectivity index (χ2n) is 7.16. The van der Waals surface area contributed by atoms with Crippen LogP contribution in [0.3, 0.4) is 0 Å². The Morgan fingerprint density at radius 1 is 1.11 bits per heavy atom. The van der Waals surface area contributed by atoms with E-state index < -0.39 is 0 Å². The molecule has 2 aliphatic heterocycles. The number of likely N-dealkylation sites (tertiary alicyclic amines) is 1. The molecule has 2 amide bonds. The third-order valence-corrected chi connectivity index (χ3v) is 5.26. The van der Waals surface area contributed by atoms with Gasteiger partial charge >= 0.3 is 0 Å². The highest BCUT2D eigenvalue weighted by atomic mass is 127. The van der Waals surface area contributed by atoms with Crippen molar-refractivity contribution >= 4 is 41.8 Å². The lowest BCUT2D eigenvalue weighted by Crippen LogP contribution is -2.45.